The molecule has 0 bridgehead atoms. The van der Waals surface area contributed by atoms with E-state index in [9.17, 15) is 4.79 Å². The molecule has 1 fully saturated rings. The summed E-state index contributed by atoms with van der Waals surface area (Å²) in [6.07, 6.45) is 0.535. The standard InChI is InChI=1S/C17H16N2O2/c1-9-2-4-12(10-6-15(20)19-8-10)16-13-7-11(18)3-5-14(13)21-17(9)16/h2-5,7,10H,6,8,18H2,1H3,(H,19,20). The Morgan fingerprint density at radius 1 is 1.29 bits per heavy atom. The second kappa shape index (κ2) is 4.25. The Hall–Kier alpha value is -2.49. The average Bonchev–Trinajstić information content (AvgIpc) is 3.04. The molecule has 4 rings (SSSR count). The van der Waals surface area contributed by atoms with Crippen LogP contribution in [0.5, 0.6) is 0 Å². The van der Waals surface area contributed by atoms with E-state index in [1.54, 1.807) is 0 Å². The molecule has 1 aromatic heterocycles. The van der Waals surface area contributed by atoms with Crippen LogP contribution in [0, 0.1) is 6.92 Å². The zero-order chi connectivity index (χ0) is 14.6. The van der Waals surface area contributed by atoms with Gasteiger partial charge in [0.2, 0.25) is 5.91 Å². The predicted molar refractivity (Wildman–Crippen MR) is 83.2 cm³/mol. The van der Waals surface area contributed by atoms with Gasteiger partial charge in [-0.1, -0.05) is 12.1 Å². The normalized spacial score (nSPS) is 18.5. The Kier molecular flexibility index (Phi) is 2.48. The van der Waals surface area contributed by atoms with Crippen LogP contribution in [0.4, 0.5) is 5.69 Å². The molecule has 2 aromatic carbocycles. The van der Waals surface area contributed by atoms with Crippen molar-refractivity contribution in [2.24, 2.45) is 0 Å². The number of aryl methyl sites for hydroxylation is 1. The van der Waals surface area contributed by atoms with E-state index in [4.69, 9.17) is 10.2 Å². The highest BCUT2D eigenvalue weighted by Crippen LogP contribution is 2.38. The number of fused-ring (bicyclic) bond motifs is 3. The third-order valence-corrected chi connectivity index (χ3v) is 4.29. The van der Waals surface area contributed by atoms with Gasteiger partial charge in [0.25, 0.3) is 0 Å². The van der Waals surface area contributed by atoms with Crippen LogP contribution in [0.3, 0.4) is 0 Å². The minimum atomic E-state index is 0.112. The molecule has 3 aromatic rings. The van der Waals surface area contributed by atoms with Gasteiger partial charge >= 0.3 is 0 Å². The Bertz CT molecular complexity index is 879. The van der Waals surface area contributed by atoms with Crippen LogP contribution < -0.4 is 11.1 Å². The molecule has 4 nitrogen and oxygen atoms in total. The molecule has 0 saturated carbocycles. The highest BCUT2D eigenvalue weighted by Gasteiger charge is 2.26. The molecule has 1 amide bonds. The van der Waals surface area contributed by atoms with Gasteiger partial charge in [0.15, 0.2) is 0 Å². The van der Waals surface area contributed by atoms with Crippen molar-refractivity contribution in [2.45, 2.75) is 19.3 Å². The number of anilines is 1. The van der Waals surface area contributed by atoms with Gasteiger partial charge in [-0.3, -0.25) is 4.79 Å². The molecule has 0 aliphatic carbocycles. The largest absolute Gasteiger partial charge is 0.456 e. The highest BCUT2D eigenvalue weighted by molar-refractivity contribution is 6.09. The van der Waals surface area contributed by atoms with E-state index < -0.39 is 0 Å². The molecule has 4 heteroatoms. The molecule has 0 spiro atoms. The van der Waals surface area contributed by atoms with Crippen molar-refractivity contribution in [2.75, 3.05) is 12.3 Å². The third kappa shape index (κ3) is 1.79. The fourth-order valence-corrected chi connectivity index (χ4v) is 3.22. The second-order valence-electron chi connectivity index (χ2n) is 5.74. The smallest absolute Gasteiger partial charge is 0.220 e. The summed E-state index contributed by atoms with van der Waals surface area (Å²) in [6, 6.07) is 9.88. The average molecular weight is 280 g/mol. The number of nitrogens with two attached hydrogens (primary N) is 1. The minimum Gasteiger partial charge on any atom is -0.456 e. The molecule has 1 aliphatic heterocycles. The van der Waals surface area contributed by atoms with Gasteiger partial charge < -0.3 is 15.5 Å². The monoisotopic (exact) mass is 280 g/mol. The molecule has 2 heterocycles. The first-order valence-electron chi connectivity index (χ1n) is 7.11. The van der Waals surface area contributed by atoms with Gasteiger partial charge in [0.1, 0.15) is 11.2 Å². The number of nitrogen functional groups attached to an aromatic ring is 1. The first-order chi connectivity index (χ1) is 10.1. The van der Waals surface area contributed by atoms with Crippen molar-refractivity contribution in [1.29, 1.82) is 0 Å². The molecule has 3 N–H and O–H groups in total. The molecule has 1 unspecified atom stereocenters. The molecule has 21 heavy (non-hydrogen) atoms. The van der Waals surface area contributed by atoms with Gasteiger partial charge in [0, 0.05) is 35.3 Å². The van der Waals surface area contributed by atoms with E-state index in [-0.39, 0.29) is 11.8 Å². The summed E-state index contributed by atoms with van der Waals surface area (Å²) in [4.78, 5) is 11.5. The molecule has 1 aliphatic rings. The highest BCUT2D eigenvalue weighted by atomic mass is 16.3. The molecular weight excluding hydrogens is 264 g/mol. The lowest BCUT2D eigenvalue weighted by Crippen LogP contribution is -2.13. The van der Waals surface area contributed by atoms with Gasteiger partial charge in [-0.2, -0.15) is 0 Å². The van der Waals surface area contributed by atoms with E-state index >= 15 is 0 Å². The quantitative estimate of drug-likeness (QED) is 0.673. The fraction of sp³-hybridized carbons (Fsp3) is 0.235. The SMILES string of the molecule is Cc1ccc(C2CNC(=O)C2)c2c1oc1ccc(N)cc12. The second-order valence-corrected chi connectivity index (χ2v) is 5.74. The zero-order valence-electron chi connectivity index (χ0n) is 11.8. The van der Waals surface area contributed by atoms with E-state index in [1.165, 1.54) is 5.56 Å². The summed E-state index contributed by atoms with van der Waals surface area (Å²) < 4.78 is 6.00. The number of amides is 1. The summed E-state index contributed by atoms with van der Waals surface area (Å²) in [7, 11) is 0. The minimum absolute atomic E-state index is 0.112. The van der Waals surface area contributed by atoms with E-state index in [0.717, 1.165) is 33.2 Å². The van der Waals surface area contributed by atoms with Gasteiger partial charge in [-0.05, 0) is 36.2 Å². The van der Waals surface area contributed by atoms with Crippen molar-refractivity contribution in [1.82, 2.24) is 5.32 Å². The van der Waals surface area contributed by atoms with Crippen LogP contribution in [0.2, 0.25) is 0 Å². The van der Waals surface area contributed by atoms with E-state index in [1.807, 2.05) is 25.1 Å². The van der Waals surface area contributed by atoms with Crippen LogP contribution in [0.1, 0.15) is 23.5 Å². The number of rotatable bonds is 1. The maximum Gasteiger partial charge on any atom is 0.220 e. The van der Waals surface area contributed by atoms with Crippen molar-refractivity contribution in [3.8, 4) is 0 Å². The van der Waals surface area contributed by atoms with Gasteiger partial charge in [-0.25, -0.2) is 0 Å². The maximum atomic E-state index is 11.5. The van der Waals surface area contributed by atoms with Crippen LogP contribution in [0.25, 0.3) is 21.9 Å². The topological polar surface area (TPSA) is 68.3 Å². The van der Waals surface area contributed by atoms with Crippen LogP contribution in [-0.2, 0) is 4.79 Å². The van der Waals surface area contributed by atoms with Crippen molar-refractivity contribution in [3.05, 3.63) is 41.5 Å². The molecule has 106 valence electrons. The van der Waals surface area contributed by atoms with Crippen molar-refractivity contribution in [3.63, 3.8) is 0 Å². The summed E-state index contributed by atoms with van der Waals surface area (Å²) in [5, 5.41) is 5.03. The number of nitrogens with one attached hydrogen (secondary N) is 1. The van der Waals surface area contributed by atoms with Gasteiger partial charge in [0.05, 0.1) is 0 Å². The Labute approximate surface area is 121 Å². The summed E-state index contributed by atoms with van der Waals surface area (Å²) in [5.41, 5.74) is 10.6. The lowest BCUT2D eigenvalue weighted by molar-refractivity contribution is -0.119. The lowest BCUT2D eigenvalue weighted by Gasteiger charge is -2.10. The number of hydrogen-bond acceptors (Lipinski definition) is 3. The zero-order valence-corrected chi connectivity index (χ0v) is 11.8. The van der Waals surface area contributed by atoms with E-state index in [2.05, 4.69) is 17.4 Å². The van der Waals surface area contributed by atoms with Crippen LogP contribution in [-0.4, -0.2) is 12.5 Å². The van der Waals surface area contributed by atoms with E-state index in [0.29, 0.717) is 13.0 Å². The maximum absolute atomic E-state index is 11.5. The first-order valence-corrected chi connectivity index (χ1v) is 7.11. The number of furan rings is 1. The molecule has 0 radical (unpaired) electrons. The number of hydrogen-bond donors (Lipinski definition) is 2. The lowest BCUT2D eigenvalue weighted by atomic mass is 9.92. The summed E-state index contributed by atoms with van der Waals surface area (Å²) in [6.45, 7) is 2.72. The predicted octanol–water partition coefficient (Wildman–Crippen LogP) is 3.08. The van der Waals surface area contributed by atoms with Crippen molar-refractivity contribution < 1.29 is 9.21 Å². The van der Waals surface area contributed by atoms with Gasteiger partial charge in [-0.15, -0.1) is 0 Å². The molecular formula is C17H16N2O2. The summed E-state index contributed by atoms with van der Waals surface area (Å²) >= 11 is 0. The molecule has 1 atom stereocenters. The Morgan fingerprint density at radius 2 is 2.14 bits per heavy atom. The first kappa shape index (κ1) is 12.3. The molecule has 1 saturated heterocycles. The van der Waals surface area contributed by atoms with Crippen LogP contribution in [0.15, 0.2) is 34.7 Å². The van der Waals surface area contributed by atoms with Crippen molar-refractivity contribution >= 4 is 33.5 Å². The number of carbonyl (C=O) groups is 1. The third-order valence-electron chi connectivity index (χ3n) is 4.29. The Morgan fingerprint density at radius 3 is 2.90 bits per heavy atom. The number of carbonyl (C=O) groups excluding carboxylic acids is 1. The fourth-order valence-electron chi connectivity index (χ4n) is 3.22. The Balaban J connectivity index is 2.06. The van der Waals surface area contributed by atoms with Crippen LogP contribution >= 0.6 is 0 Å². The summed E-state index contributed by atoms with van der Waals surface area (Å²) in [5.74, 6) is 0.309. The number of benzene rings is 2.